The molecule has 0 N–H and O–H groups in total. The Bertz CT molecular complexity index is 1570. The number of aryl methyl sites for hydroxylation is 2. The van der Waals surface area contributed by atoms with E-state index in [0.717, 1.165) is 11.0 Å². The number of benzene rings is 1. The molecule has 4 aromatic rings. The fourth-order valence-electron chi connectivity index (χ4n) is 3.16. The van der Waals surface area contributed by atoms with Crippen LogP contribution in [-0.4, -0.2) is 37.3 Å². The number of aromatic nitrogens is 5. The summed E-state index contributed by atoms with van der Waals surface area (Å²) in [6.45, 7) is -4.17. The number of rotatable bonds is 4. The summed E-state index contributed by atoms with van der Waals surface area (Å²) in [4.78, 5) is 21.1. The van der Waals surface area contributed by atoms with Gasteiger partial charge in [0.1, 0.15) is 5.69 Å². The molecule has 0 aliphatic heterocycles. The Morgan fingerprint density at radius 3 is 2.76 bits per heavy atom. The second-order valence-corrected chi connectivity index (χ2v) is 6.86. The molecule has 0 amide bonds. The summed E-state index contributed by atoms with van der Waals surface area (Å²) < 4.78 is 80.9. The summed E-state index contributed by atoms with van der Waals surface area (Å²) in [6, 6.07) is 4.10. The van der Waals surface area contributed by atoms with Crippen molar-refractivity contribution in [2.24, 2.45) is 14.0 Å². The first-order valence-electron chi connectivity index (χ1n) is 10.9. The van der Waals surface area contributed by atoms with Crippen LogP contribution in [0.5, 0.6) is 0 Å². The van der Waals surface area contributed by atoms with Crippen molar-refractivity contribution < 1.29 is 21.7 Å². The zero-order valence-electron chi connectivity index (χ0n) is 19.9. The Labute approximate surface area is 189 Å². The highest BCUT2D eigenvalue weighted by Gasteiger charge is 2.24. The van der Waals surface area contributed by atoms with Crippen LogP contribution in [0.3, 0.4) is 0 Å². The molecular weight excluding hydrogens is 440 g/mol. The Hall–Kier alpha value is -4.20. The Morgan fingerprint density at radius 1 is 1.24 bits per heavy atom. The van der Waals surface area contributed by atoms with E-state index in [2.05, 4.69) is 26.9 Å². The van der Waals surface area contributed by atoms with Crippen LogP contribution in [-0.2, 0) is 14.0 Å². The van der Waals surface area contributed by atoms with Gasteiger partial charge >= 0.3 is 5.69 Å². The lowest BCUT2D eigenvalue weighted by molar-refractivity contribution is 0.157. The van der Waals surface area contributed by atoms with Gasteiger partial charge in [-0.1, -0.05) is 5.92 Å². The predicted molar refractivity (Wildman–Crippen MR) is 113 cm³/mol. The molecule has 0 saturated heterocycles. The van der Waals surface area contributed by atoms with Gasteiger partial charge in [0, 0.05) is 36.2 Å². The maximum Gasteiger partial charge on any atom is 0.349 e. The number of pyridine rings is 1. The first kappa shape index (κ1) is 18.4. The Morgan fingerprint density at radius 2 is 2.06 bits per heavy atom. The van der Waals surface area contributed by atoms with Gasteiger partial charge in [-0.2, -0.15) is 10.1 Å². The van der Waals surface area contributed by atoms with Gasteiger partial charge in [0.15, 0.2) is 17.5 Å². The maximum absolute atomic E-state index is 15.0. The lowest BCUT2D eigenvalue weighted by atomic mass is 10.1. The highest BCUT2D eigenvalue weighted by molar-refractivity contribution is 5.92. The third-order valence-electron chi connectivity index (χ3n) is 4.60. The largest absolute Gasteiger partial charge is 0.349 e. The lowest BCUT2D eigenvalue weighted by Crippen LogP contribution is -2.30. The summed E-state index contributed by atoms with van der Waals surface area (Å²) in [5.74, 6) is 1.96. The van der Waals surface area contributed by atoms with Gasteiger partial charge < -0.3 is 4.90 Å². The quantitative estimate of drug-likeness (QED) is 0.347. The van der Waals surface area contributed by atoms with Gasteiger partial charge in [-0.3, -0.25) is 9.25 Å². The number of anilines is 2. The van der Waals surface area contributed by atoms with Gasteiger partial charge in [0.2, 0.25) is 0 Å². The van der Waals surface area contributed by atoms with Crippen LogP contribution in [0.15, 0.2) is 47.7 Å². The molecule has 3 heterocycles. The molecule has 1 aromatic carbocycles. The van der Waals surface area contributed by atoms with E-state index in [1.807, 2.05) is 0 Å². The Kier molecular flexibility index (Phi) is 4.87. The number of hydrogen-bond donors (Lipinski definition) is 0. The molecule has 0 spiro atoms. The minimum absolute atomic E-state index is 0.00992. The minimum atomic E-state index is -3.09. The first-order valence-corrected chi connectivity index (χ1v) is 9.39. The molecule has 168 valence electrons. The van der Waals surface area contributed by atoms with Crippen molar-refractivity contribution in [1.82, 2.24) is 24.3 Å². The van der Waals surface area contributed by atoms with Crippen molar-refractivity contribution >= 4 is 22.4 Å². The van der Waals surface area contributed by atoms with E-state index in [4.69, 9.17) is 4.11 Å². The standard InChI is InChI=1S/C22H16F4N6O/c1-30-11-13(10-28-30)3-4-14-9-15(7-8-27-14)32(12-18(24)25)21-19-17(31(2)22(33)29-21)6-5-16(23)20(19)26/h5-11,18H,12H2,1-2H3/i2D3. The van der Waals surface area contributed by atoms with E-state index in [0.29, 0.717) is 11.6 Å². The third kappa shape index (κ3) is 4.41. The van der Waals surface area contributed by atoms with Crippen LogP contribution in [0.1, 0.15) is 15.4 Å². The second-order valence-electron chi connectivity index (χ2n) is 6.86. The van der Waals surface area contributed by atoms with Gasteiger partial charge in [0.25, 0.3) is 6.43 Å². The first-order chi connectivity index (χ1) is 17.0. The molecule has 0 saturated carbocycles. The third-order valence-corrected chi connectivity index (χ3v) is 4.60. The van der Waals surface area contributed by atoms with Gasteiger partial charge in [-0.25, -0.2) is 27.3 Å². The van der Waals surface area contributed by atoms with E-state index in [1.165, 1.54) is 29.2 Å². The molecule has 4 rings (SSSR count). The van der Waals surface area contributed by atoms with E-state index in [9.17, 15) is 22.4 Å². The summed E-state index contributed by atoms with van der Waals surface area (Å²) in [5, 5.41) is 3.24. The second kappa shape index (κ2) is 8.74. The molecule has 33 heavy (non-hydrogen) atoms. The molecule has 0 atom stereocenters. The summed E-state index contributed by atoms with van der Waals surface area (Å²) in [7, 11) is 1.70. The number of alkyl halides is 2. The van der Waals surface area contributed by atoms with E-state index in [-0.39, 0.29) is 15.9 Å². The molecule has 0 aliphatic rings. The highest BCUT2D eigenvalue weighted by Crippen LogP contribution is 2.32. The molecule has 0 fully saturated rings. The molecule has 0 radical (unpaired) electrons. The van der Waals surface area contributed by atoms with Crippen LogP contribution in [0, 0.1) is 23.5 Å². The highest BCUT2D eigenvalue weighted by atomic mass is 19.3. The summed E-state index contributed by atoms with van der Waals surface area (Å²) in [6.07, 6.45) is 1.41. The zero-order chi connectivity index (χ0) is 26.2. The number of nitrogens with zero attached hydrogens (tertiary/aromatic N) is 6. The van der Waals surface area contributed by atoms with Crippen LogP contribution in [0.2, 0.25) is 0 Å². The van der Waals surface area contributed by atoms with Crippen molar-refractivity contribution in [2.75, 3.05) is 11.4 Å². The summed E-state index contributed by atoms with van der Waals surface area (Å²) in [5.41, 5.74) is -1.19. The van der Waals surface area contributed by atoms with E-state index in [1.54, 1.807) is 13.2 Å². The molecule has 7 nitrogen and oxygen atoms in total. The number of halogens is 4. The molecule has 0 bridgehead atoms. The lowest BCUT2D eigenvalue weighted by Gasteiger charge is -2.25. The fourth-order valence-corrected chi connectivity index (χ4v) is 3.16. The fraction of sp³-hybridized carbons (Fsp3) is 0.182. The summed E-state index contributed by atoms with van der Waals surface area (Å²) >= 11 is 0. The minimum Gasteiger partial charge on any atom is -0.320 e. The average molecular weight is 459 g/mol. The van der Waals surface area contributed by atoms with Crippen LogP contribution < -0.4 is 10.6 Å². The number of fused-ring (bicyclic) bond motifs is 1. The topological polar surface area (TPSA) is 68.8 Å². The predicted octanol–water partition coefficient (Wildman–Crippen LogP) is 3.14. The van der Waals surface area contributed by atoms with Gasteiger partial charge in [-0.05, 0) is 30.2 Å². The van der Waals surface area contributed by atoms with E-state index < -0.39 is 54.0 Å². The monoisotopic (exact) mass is 459 g/mol. The van der Waals surface area contributed by atoms with Crippen molar-refractivity contribution in [3.8, 4) is 11.8 Å². The van der Waals surface area contributed by atoms with Gasteiger partial charge in [-0.15, -0.1) is 0 Å². The van der Waals surface area contributed by atoms with Crippen molar-refractivity contribution in [3.05, 3.63) is 76.2 Å². The van der Waals surface area contributed by atoms with E-state index >= 15 is 0 Å². The van der Waals surface area contributed by atoms with Crippen molar-refractivity contribution in [3.63, 3.8) is 0 Å². The molecule has 0 aliphatic carbocycles. The zero-order valence-corrected chi connectivity index (χ0v) is 16.9. The number of hydrogen-bond acceptors (Lipinski definition) is 5. The molecular formula is C22H16F4N6O. The van der Waals surface area contributed by atoms with Crippen molar-refractivity contribution in [1.29, 1.82) is 0 Å². The van der Waals surface area contributed by atoms with Crippen LogP contribution >= 0.6 is 0 Å². The smallest absolute Gasteiger partial charge is 0.320 e. The van der Waals surface area contributed by atoms with Gasteiger partial charge in [0.05, 0.1) is 29.2 Å². The molecule has 0 unspecified atom stereocenters. The van der Waals surface area contributed by atoms with Crippen LogP contribution in [0.25, 0.3) is 10.9 Å². The molecule has 11 heteroatoms. The SMILES string of the molecule is [2H]C([2H])([2H])n1c(=O)nc(N(CC(F)F)c2ccnc(C#Cc3cnn(C)c3)c2)c2c(F)c(F)ccc21. The maximum atomic E-state index is 15.0. The van der Waals surface area contributed by atoms with Crippen molar-refractivity contribution in [2.45, 2.75) is 6.43 Å². The molecule has 3 aromatic heterocycles. The average Bonchev–Trinajstić information content (AvgIpc) is 3.22. The normalized spacial score (nSPS) is 12.7. The van der Waals surface area contributed by atoms with Crippen LogP contribution in [0.4, 0.5) is 29.1 Å². The Balaban J connectivity index is 1.94.